The lowest BCUT2D eigenvalue weighted by atomic mass is 9.94. The number of nitrogens with zero attached hydrogens (tertiary/aromatic N) is 3. The lowest BCUT2D eigenvalue weighted by Crippen LogP contribution is -2.62. The Morgan fingerprint density at radius 3 is 1.95 bits per heavy atom. The minimum absolute atomic E-state index is 0.0552. The van der Waals surface area contributed by atoms with Crippen LogP contribution in [0.25, 0.3) is 0 Å². The third-order valence-electron chi connectivity index (χ3n) is 7.82. The van der Waals surface area contributed by atoms with E-state index in [-0.39, 0.29) is 30.4 Å². The number of amides is 1. The standard InChI is InChI=1S/C31H30Cl2F3N5O2/c1-2-43-26-19-22(31(34,35)36)7-12-25(26)30(29(42)41-17-15-40(14-13-37)16-18-41)38-27(20-3-8-23(32)9-4-20)28(39-30)21-5-10-24(33)11-6-21/h3-12,19,27-28,38-39H,2,14-18H2,1H3. The number of nitriles is 1. The van der Waals surface area contributed by atoms with Crippen molar-refractivity contribution in [2.75, 3.05) is 39.3 Å². The van der Waals surface area contributed by atoms with E-state index in [1.54, 1.807) is 36.1 Å². The second-order valence-electron chi connectivity index (χ2n) is 10.5. The number of hydrogen-bond acceptors (Lipinski definition) is 6. The van der Waals surface area contributed by atoms with Crippen LogP contribution in [0, 0.1) is 11.3 Å². The molecular weight excluding hydrogens is 602 g/mol. The third kappa shape index (κ3) is 6.47. The van der Waals surface area contributed by atoms with Crippen LogP contribution in [0.15, 0.2) is 66.7 Å². The van der Waals surface area contributed by atoms with Crippen molar-refractivity contribution in [3.8, 4) is 11.8 Å². The maximum Gasteiger partial charge on any atom is 0.416 e. The number of nitrogens with one attached hydrogen (secondary N) is 2. The lowest BCUT2D eigenvalue weighted by molar-refractivity contribution is -0.141. The Labute approximate surface area is 258 Å². The largest absolute Gasteiger partial charge is 0.493 e. The van der Waals surface area contributed by atoms with Crippen LogP contribution in [0.2, 0.25) is 10.0 Å². The molecule has 2 atom stereocenters. The van der Waals surface area contributed by atoms with Crippen LogP contribution in [0.4, 0.5) is 13.2 Å². The summed E-state index contributed by atoms with van der Waals surface area (Å²) in [4.78, 5) is 18.3. The van der Waals surface area contributed by atoms with Crippen molar-refractivity contribution in [3.05, 3.63) is 99.0 Å². The summed E-state index contributed by atoms with van der Waals surface area (Å²) in [7, 11) is 0. The first-order chi connectivity index (χ1) is 20.6. The summed E-state index contributed by atoms with van der Waals surface area (Å²) in [6, 6.07) is 18.7. The maximum absolute atomic E-state index is 14.7. The Kier molecular flexibility index (Phi) is 9.20. The molecule has 0 bridgehead atoms. The molecule has 2 fully saturated rings. The van der Waals surface area contributed by atoms with Gasteiger partial charge in [0.05, 0.1) is 36.9 Å². The fourth-order valence-corrected chi connectivity index (χ4v) is 5.94. The van der Waals surface area contributed by atoms with E-state index < -0.39 is 29.5 Å². The fraction of sp³-hybridized carbons (Fsp3) is 0.355. The highest BCUT2D eigenvalue weighted by molar-refractivity contribution is 6.30. The molecule has 7 nitrogen and oxygen atoms in total. The van der Waals surface area contributed by atoms with Gasteiger partial charge >= 0.3 is 6.18 Å². The molecule has 0 aromatic heterocycles. The zero-order chi connectivity index (χ0) is 30.8. The predicted molar refractivity (Wildman–Crippen MR) is 158 cm³/mol. The van der Waals surface area contributed by atoms with Crippen LogP contribution in [0.5, 0.6) is 5.75 Å². The molecule has 226 valence electrons. The van der Waals surface area contributed by atoms with E-state index in [0.717, 1.165) is 23.3 Å². The number of piperazine rings is 1. The highest BCUT2D eigenvalue weighted by atomic mass is 35.5. The number of ether oxygens (including phenoxy) is 1. The van der Waals surface area contributed by atoms with Gasteiger partial charge in [-0.15, -0.1) is 0 Å². The third-order valence-corrected chi connectivity index (χ3v) is 8.33. The first kappa shape index (κ1) is 31.1. The molecule has 43 heavy (non-hydrogen) atoms. The Morgan fingerprint density at radius 1 is 0.953 bits per heavy atom. The monoisotopic (exact) mass is 631 g/mol. The van der Waals surface area contributed by atoms with E-state index in [9.17, 15) is 18.0 Å². The SMILES string of the molecule is CCOc1cc(C(F)(F)F)ccc1C1(C(=O)N2CCN(CC#N)CC2)NC(c2ccc(Cl)cc2)C(c2ccc(Cl)cc2)N1. The van der Waals surface area contributed by atoms with Crippen LogP contribution < -0.4 is 15.4 Å². The van der Waals surface area contributed by atoms with Crippen molar-refractivity contribution in [1.82, 2.24) is 20.4 Å². The van der Waals surface area contributed by atoms with E-state index in [1.807, 2.05) is 29.2 Å². The molecule has 2 aliphatic rings. The van der Waals surface area contributed by atoms with Gasteiger partial charge in [0.2, 0.25) is 0 Å². The van der Waals surface area contributed by atoms with Gasteiger partial charge in [-0.1, -0.05) is 53.5 Å². The first-order valence-electron chi connectivity index (χ1n) is 13.8. The van der Waals surface area contributed by atoms with E-state index >= 15 is 0 Å². The minimum atomic E-state index is -4.60. The van der Waals surface area contributed by atoms with Gasteiger partial charge in [0.15, 0.2) is 5.66 Å². The predicted octanol–water partition coefficient (Wildman–Crippen LogP) is 5.91. The quantitative estimate of drug-likeness (QED) is 0.316. The van der Waals surface area contributed by atoms with Gasteiger partial charge in [0.1, 0.15) is 5.75 Å². The molecule has 0 spiro atoms. The molecule has 0 saturated carbocycles. The second kappa shape index (κ2) is 12.7. The van der Waals surface area contributed by atoms with Gasteiger partial charge in [-0.3, -0.25) is 20.3 Å². The summed E-state index contributed by atoms with van der Waals surface area (Å²) >= 11 is 12.4. The molecule has 1 amide bonds. The zero-order valence-corrected chi connectivity index (χ0v) is 24.8. The molecule has 3 aromatic carbocycles. The van der Waals surface area contributed by atoms with Gasteiger partial charge in [-0.25, -0.2) is 0 Å². The molecule has 5 rings (SSSR count). The van der Waals surface area contributed by atoms with Crippen molar-refractivity contribution in [3.63, 3.8) is 0 Å². The first-order valence-corrected chi connectivity index (χ1v) is 14.6. The smallest absolute Gasteiger partial charge is 0.416 e. The van der Waals surface area contributed by atoms with Crippen molar-refractivity contribution < 1.29 is 22.7 Å². The lowest BCUT2D eigenvalue weighted by Gasteiger charge is -2.40. The fourth-order valence-electron chi connectivity index (χ4n) is 5.69. The van der Waals surface area contributed by atoms with Gasteiger partial charge in [0, 0.05) is 41.8 Å². The summed E-state index contributed by atoms with van der Waals surface area (Å²) in [5.41, 5.74) is -0.678. The number of halogens is 5. The molecule has 0 radical (unpaired) electrons. The number of rotatable bonds is 7. The Morgan fingerprint density at radius 2 is 1.49 bits per heavy atom. The van der Waals surface area contributed by atoms with Crippen LogP contribution in [0.1, 0.15) is 41.3 Å². The van der Waals surface area contributed by atoms with Gasteiger partial charge in [0.25, 0.3) is 5.91 Å². The van der Waals surface area contributed by atoms with E-state index in [2.05, 4.69) is 16.7 Å². The average Bonchev–Trinajstić information content (AvgIpc) is 3.39. The van der Waals surface area contributed by atoms with Crippen molar-refractivity contribution >= 4 is 29.1 Å². The number of hydrogen-bond donors (Lipinski definition) is 2. The molecule has 12 heteroatoms. The molecule has 2 heterocycles. The van der Waals surface area contributed by atoms with Crippen LogP contribution in [-0.4, -0.2) is 55.0 Å². The number of alkyl halides is 3. The van der Waals surface area contributed by atoms with E-state index in [4.69, 9.17) is 33.2 Å². The van der Waals surface area contributed by atoms with Gasteiger partial charge in [-0.05, 0) is 54.4 Å². The minimum Gasteiger partial charge on any atom is -0.493 e. The Balaban J connectivity index is 1.66. The molecular formula is C31H30Cl2F3N5O2. The summed E-state index contributed by atoms with van der Waals surface area (Å²) in [5, 5.41) is 17.2. The molecule has 2 unspecified atom stereocenters. The van der Waals surface area contributed by atoms with E-state index in [0.29, 0.717) is 36.2 Å². The maximum atomic E-state index is 14.7. The van der Waals surface area contributed by atoms with Crippen LogP contribution in [0.3, 0.4) is 0 Å². The summed E-state index contributed by atoms with van der Waals surface area (Å²) in [6.45, 7) is 3.67. The molecule has 2 aliphatic heterocycles. The Hall–Kier alpha value is -3.33. The topological polar surface area (TPSA) is 80.6 Å². The number of carbonyl (C=O) groups excluding carboxylic acids is 1. The number of benzene rings is 3. The number of carbonyl (C=O) groups is 1. The summed E-state index contributed by atoms with van der Waals surface area (Å²) in [6.07, 6.45) is -4.60. The normalized spacial score (nSPS) is 22.8. The highest BCUT2D eigenvalue weighted by Crippen LogP contribution is 2.46. The zero-order valence-electron chi connectivity index (χ0n) is 23.3. The van der Waals surface area contributed by atoms with Gasteiger partial charge < -0.3 is 9.64 Å². The highest BCUT2D eigenvalue weighted by Gasteiger charge is 2.54. The summed E-state index contributed by atoms with van der Waals surface area (Å²) in [5.74, 6) is -0.416. The molecule has 2 N–H and O–H groups in total. The van der Waals surface area contributed by atoms with Crippen molar-refractivity contribution in [1.29, 1.82) is 5.26 Å². The van der Waals surface area contributed by atoms with E-state index in [1.165, 1.54) is 6.07 Å². The second-order valence-corrected chi connectivity index (χ2v) is 11.3. The van der Waals surface area contributed by atoms with Crippen LogP contribution >= 0.6 is 23.2 Å². The van der Waals surface area contributed by atoms with Crippen molar-refractivity contribution in [2.45, 2.75) is 30.8 Å². The van der Waals surface area contributed by atoms with Crippen molar-refractivity contribution in [2.24, 2.45) is 0 Å². The molecule has 3 aromatic rings. The van der Waals surface area contributed by atoms with Gasteiger partial charge in [-0.2, -0.15) is 18.4 Å². The molecule has 2 saturated heterocycles. The Bertz CT molecular complexity index is 1430. The average molecular weight is 633 g/mol. The summed E-state index contributed by atoms with van der Waals surface area (Å²) < 4.78 is 47.1. The van der Waals surface area contributed by atoms with Crippen LogP contribution in [-0.2, 0) is 16.6 Å². The molecule has 0 aliphatic carbocycles.